The fourth-order valence-corrected chi connectivity index (χ4v) is 3.67. The van der Waals surface area contributed by atoms with Crippen molar-refractivity contribution in [2.45, 2.75) is 19.6 Å². The van der Waals surface area contributed by atoms with Crippen molar-refractivity contribution in [3.63, 3.8) is 0 Å². The standard InChI is InChI=1S/C16H18N6O2S/c1-25(23,24)21-6-7-22-13(11-21)8-12(20-22)9-18-16-10-17-14-4-2-3-5-15(14)19-16/h2-5,8,10H,6-7,9,11H2,1H3,(H,18,19). The maximum Gasteiger partial charge on any atom is 0.211 e. The second kappa shape index (κ2) is 6.08. The van der Waals surface area contributed by atoms with Gasteiger partial charge in [0.05, 0.1) is 54.5 Å². The Morgan fingerprint density at radius 1 is 1.20 bits per heavy atom. The lowest BCUT2D eigenvalue weighted by atomic mass is 10.3. The number of para-hydroxylation sites is 2. The number of anilines is 1. The molecule has 1 N–H and O–H groups in total. The first-order valence-corrected chi connectivity index (χ1v) is 9.80. The van der Waals surface area contributed by atoms with E-state index in [0.29, 0.717) is 32.0 Å². The molecule has 1 aromatic carbocycles. The largest absolute Gasteiger partial charge is 0.363 e. The van der Waals surface area contributed by atoms with Crippen LogP contribution in [0.2, 0.25) is 0 Å². The number of nitrogens with zero attached hydrogens (tertiary/aromatic N) is 5. The van der Waals surface area contributed by atoms with E-state index < -0.39 is 10.0 Å². The van der Waals surface area contributed by atoms with E-state index in [9.17, 15) is 8.42 Å². The van der Waals surface area contributed by atoms with Crippen LogP contribution in [0.4, 0.5) is 5.82 Å². The predicted molar refractivity (Wildman–Crippen MR) is 94.3 cm³/mol. The first-order valence-electron chi connectivity index (χ1n) is 7.95. The lowest BCUT2D eigenvalue weighted by Gasteiger charge is -2.25. The van der Waals surface area contributed by atoms with Gasteiger partial charge in [0.25, 0.3) is 0 Å². The molecule has 0 saturated carbocycles. The van der Waals surface area contributed by atoms with Crippen LogP contribution in [0.5, 0.6) is 0 Å². The van der Waals surface area contributed by atoms with Crippen molar-refractivity contribution in [3.8, 4) is 0 Å². The van der Waals surface area contributed by atoms with E-state index in [4.69, 9.17) is 0 Å². The number of hydrogen-bond donors (Lipinski definition) is 1. The van der Waals surface area contributed by atoms with Gasteiger partial charge in [-0.05, 0) is 18.2 Å². The zero-order valence-electron chi connectivity index (χ0n) is 13.8. The number of benzene rings is 1. The monoisotopic (exact) mass is 358 g/mol. The molecule has 9 heteroatoms. The van der Waals surface area contributed by atoms with Crippen molar-refractivity contribution in [2.75, 3.05) is 18.1 Å². The molecule has 0 aliphatic carbocycles. The Morgan fingerprint density at radius 3 is 2.80 bits per heavy atom. The minimum Gasteiger partial charge on any atom is -0.363 e. The van der Waals surface area contributed by atoms with Gasteiger partial charge in [0.2, 0.25) is 10.0 Å². The maximum atomic E-state index is 11.7. The van der Waals surface area contributed by atoms with Gasteiger partial charge in [0, 0.05) is 6.54 Å². The second-order valence-corrected chi connectivity index (χ2v) is 8.03. The molecule has 130 valence electrons. The van der Waals surface area contributed by atoms with E-state index in [0.717, 1.165) is 22.4 Å². The van der Waals surface area contributed by atoms with Crippen LogP contribution in [0.25, 0.3) is 11.0 Å². The Bertz CT molecular complexity index is 1030. The molecule has 0 radical (unpaired) electrons. The molecule has 0 atom stereocenters. The summed E-state index contributed by atoms with van der Waals surface area (Å²) < 4.78 is 26.7. The molecule has 25 heavy (non-hydrogen) atoms. The zero-order valence-corrected chi connectivity index (χ0v) is 14.6. The van der Waals surface area contributed by atoms with E-state index in [1.165, 1.54) is 10.6 Å². The summed E-state index contributed by atoms with van der Waals surface area (Å²) in [6.07, 6.45) is 2.93. The van der Waals surface area contributed by atoms with Crippen LogP contribution in [0.1, 0.15) is 11.4 Å². The van der Waals surface area contributed by atoms with Crippen LogP contribution in [-0.4, -0.2) is 45.3 Å². The van der Waals surface area contributed by atoms with E-state index in [1.807, 2.05) is 35.0 Å². The van der Waals surface area contributed by atoms with Gasteiger partial charge < -0.3 is 5.32 Å². The summed E-state index contributed by atoms with van der Waals surface area (Å²) in [4.78, 5) is 8.89. The average molecular weight is 358 g/mol. The van der Waals surface area contributed by atoms with Crippen LogP contribution in [0.3, 0.4) is 0 Å². The van der Waals surface area contributed by atoms with Gasteiger partial charge >= 0.3 is 0 Å². The van der Waals surface area contributed by atoms with Crippen molar-refractivity contribution in [3.05, 3.63) is 47.9 Å². The van der Waals surface area contributed by atoms with Gasteiger partial charge in [-0.3, -0.25) is 9.67 Å². The minimum absolute atomic E-state index is 0.363. The Hall–Kier alpha value is -2.52. The molecule has 0 saturated heterocycles. The Labute approximate surface area is 145 Å². The molecule has 0 spiro atoms. The fraction of sp³-hybridized carbons (Fsp3) is 0.312. The molecule has 3 heterocycles. The molecule has 8 nitrogen and oxygen atoms in total. The van der Waals surface area contributed by atoms with E-state index in [2.05, 4.69) is 20.4 Å². The highest BCUT2D eigenvalue weighted by atomic mass is 32.2. The number of rotatable bonds is 4. The molecule has 3 aromatic rings. The van der Waals surface area contributed by atoms with Crippen molar-refractivity contribution >= 4 is 26.9 Å². The van der Waals surface area contributed by atoms with Crippen molar-refractivity contribution in [1.82, 2.24) is 24.1 Å². The first-order chi connectivity index (χ1) is 12.0. The minimum atomic E-state index is -3.18. The fourth-order valence-electron chi connectivity index (χ4n) is 2.89. The lowest BCUT2D eigenvalue weighted by molar-refractivity contribution is 0.328. The number of fused-ring (bicyclic) bond motifs is 2. The summed E-state index contributed by atoms with van der Waals surface area (Å²) in [5, 5.41) is 7.75. The third kappa shape index (κ3) is 3.33. The summed E-state index contributed by atoms with van der Waals surface area (Å²) in [5.41, 5.74) is 3.44. The van der Waals surface area contributed by atoms with Crippen LogP contribution < -0.4 is 5.32 Å². The Balaban J connectivity index is 1.48. The first kappa shape index (κ1) is 16.0. The average Bonchev–Trinajstić information content (AvgIpc) is 3.01. The van der Waals surface area contributed by atoms with Crippen LogP contribution in [0.15, 0.2) is 36.5 Å². The lowest BCUT2D eigenvalue weighted by Crippen LogP contribution is -2.37. The topological polar surface area (TPSA) is 93.0 Å². The number of sulfonamides is 1. The molecule has 1 aliphatic rings. The van der Waals surface area contributed by atoms with Gasteiger partial charge in [0.1, 0.15) is 5.82 Å². The molecular weight excluding hydrogens is 340 g/mol. The van der Waals surface area contributed by atoms with Crippen molar-refractivity contribution in [2.24, 2.45) is 0 Å². The number of aromatic nitrogens is 4. The van der Waals surface area contributed by atoms with Gasteiger partial charge in [-0.1, -0.05) is 12.1 Å². The van der Waals surface area contributed by atoms with Crippen molar-refractivity contribution < 1.29 is 8.42 Å². The highest BCUT2D eigenvalue weighted by Crippen LogP contribution is 2.17. The zero-order chi connectivity index (χ0) is 17.4. The smallest absolute Gasteiger partial charge is 0.211 e. The summed E-state index contributed by atoms with van der Waals surface area (Å²) in [5.74, 6) is 0.683. The van der Waals surface area contributed by atoms with Gasteiger partial charge in [-0.2, -0.15) is 9.40 Å². The molecule has 0 amide bonds. The van der Waals surface area contributed by atoms with Gasteiger partial charge in [0.15, 0.2) is 0 Å². The number of hydrogen-bond acceptors (Lipinski definition) is 6. The van der Waals surface area contributed by atoms with Crippen LogP contribution in [-0.2, 0) is 29.7 Å². The molecule has 4 rings (SSSR count). The summed E-state index contributed by atoms with van der Waals surface area (Å²) in [6.45, 7) is 1.89. The van der Waals surface area contributed by atoms with E-state index in [-0.39, 0.29) is 0 Å². The quantitative estimate of drug-likeness (QED) is 0.754. The highest BCUT2D eigenvalue weighted by molar-refractivity contribution is 7.88. The summed E-state index contributed by atoms with van der Waals surface area (Å²) in [7, 11) is -3.18. The second-order valence-electron chi connectivity index (χ2n) is 6.04. The predicted octanol–water partition coefficient (Wildman–Crippen LogP) is 1.21. The molecule has 2 aromatic heterocycles. The van der Waals surface area contributed by atoms with Gasteiger partial charge in [-0.25, -0.2) is 13.4 Å². The highest BCUT2D eigenvalue weighted by Gasteiger charge is 2.24. The van der Waals surface area contributed by atoms with Gasteiger partial charge in [-0.15, -0.1) is 0 Å². The normalized spacial score (nSPS) is 15.2. The number of nitrogens with one attached hydrogen (secondary N) is 1. The summed E-state index contributed by atoms with van der Waals surface area (Å²) >= 11 is 0. The maximum absolute atomic E-state index is 11.7. The third-order valence-corrected chi connectivity index (χ3v) is 5.43. The third-order valence-electron chi connectivity index (χ3n) is 4.18. The SMILES string of the molecule is CS(=O)(=O)N1CCn2nc(CNc3cnc4ccccc4n3)cc2C1. The molecular formula is C16H18N6O2S. The molecule has 0 bridgehead atoms. The van der Waals surface area contributed by atoms with Crippen LogP contribution >= 0.6 is 0 Å². The van der Waals surface area contributed by atoms with Crippen molar-refractivity contribution in [1.29, 1.82) is 0 Å². The van der Waals surface area contributed by atoms with E-state index in [1.54, 1.807) is 6.20 Å². The Morgan fingerprint density at radius 2 is 2.00 bits per heavy atom. The molecule has 0 fully saturated rings. The van der Waals surface area contributed by atoms with E-state index >= 15 is 0 Å². The van der Waals surface area contributed by atoms with Crippen LogP contribution in [0, 0.1) is 0 Å². The molecule has 0 unspecified atom stereocenters. The Kier molecular flexibility index (Phi) is 3.89. The molecule has 1 aliphatic heterocycles. The summed E-state index contributed by atoms with van der Waals surface area (Å²) in [6, 6.07) is 9.63.